The molecule has 3 atom stereocenters. The van der Waals surface area contributed by atoms with E-state index in [2.05, 4.69) is 265 Å². The van der Waals surface area contributed by atoms with E-state index in [1.165, 1.54) is 55.3 Å². The van der Waals surface area contributed by atoms with Gasteiger partial charge in [-0.3, -0.25) is 0 Å². The van der Waals surface area contributed by atoms with E-state index < -0.39 is 32.3 Å². The zero-order chi connectivity index (χ0) is 43.5. The molecule has 1 aliphatic carbocycles. The molecule has 9 rings (SSSR count). The second-order valence-electron chi connectivity index (χ2n) is 17.0. The Morgan fingerprint density at radius 2 is 0.609 bits per heavy atom. The highest BCUT2D eigenvalue weighted by Gasteiger charge is 2.45. The van der Waals surface area contributed by atoms with Crippen molar-refractivity contribution in [3.8, 4) is 0 Å². The Hall–Kier alpha value is -4.60. The van der Waals surface area contributed by atoms with Crippen LogP contribution in [0.3, 0.4) is 0 Å². The number of hydrogen-bond donors (Lipinski definition) is 0. The second-order valence-corrected chi connectivity index (χ2v) is 26.0. The quantitative estimate of drug-likeness (QED) is 0.0892. The Morgan fingerprint density at radius 3 is 0.859 bits per heavy atom. The van der Waals surface area contributed by atoms with Gasteiger partial charge in [0, 0.05) is 44.9 Å². The molecule has 0 aliphatic heterocycles. The third-order valence-corrected chi connectivity index (χ3v) is 23.5. The molecular weight excluding hydrogens is 849 g/mol. The van der Waals surface area contributed by atoms with Crippen LogP contribution in [0.25, 0.3) is 0 Å². The summed E-state index contributed by atoms with van der Waals surface area (Å²) in [6.45, 7) is 6.01. The summed E-state index contributed by atoms with van der Waals surface area (Å²) >= 11 is 0. The highest BCUT2D eigenvalue weighted by atomic mass is 31.2. The topological polar surface area (TPSA) is 6.48 Å². The number of nitrogens with zero attached hydrogens (tertiary/aromatic N) is 2. The summed E-state index contributed by atoms with van der Waals surface area (Å²) in [6, 6.07) is 92.0. The largest absolute Gasteiger partial charge is 0.244 e. The molecule has 0 saturated heterocycles. The van der Waals surface area contributed by atoms with Gasteiger partial charge in [0.25, 0.3) is 0 Å². The Bertz CT molecular complexity index is 2250. The Labute approximate surface area is 387 Å². The number of hydrogen-bond acceptors (Lipinski definition) is 2. The molecule has 0 spiro atoms. The molecule has 64 heavy (non-hydrogen) atoms. The summed E-state index contributed by atoms with van der Waals surface area (Å²) in [5.41, 5.74) is 0. The molecule has 6 heteroatoms. The minimum Gasteiger partial charge on any atom is -0.244 e. The maximum Gasteiger partial charge on any atom is 0.0325 e. The lowest BCUT2D eigenvalue weighted by atomic mass is 9.74. The van der Waals surface area contributed by atoms with E-state index in [4.69, 9.17) is 0 Å². The molecule has 3 unspecified atom stereocenters. The van der Waals surface area contributed by atoms with E-state index in [1.54, 1.807) is 0 Å². The fourth-order valence-electron chi connectivity index (χ4n) is 9.49. The Kier molecular flexibility index (Phi) is 15.4. The minimum atomic E-state index is -0.927. The van der Waals surface area contributed by atoms with Crippen LogP contribution < -0.4 is 42.4 Å². The molecular formula is C58H58N2P4. The summed E-state index contributed by atoms with van der Waals surface area (Å²) < 4.78 is 6.13. The number of benzene rings is 8. The van der Waals surface area contributed by atoms with Gasteiger partial charge in [0.15, 0.2) is 0 Å². The average molecular weight is 907 g/mol. The van der Waals surface area contributed by atoms with Crippen LogP contribution in [-0.4, -0.2) is 21.5 Å². The predicted molar refractivity (Wildman–Crippen MR) is 284 cm³/mol. The van der Waals surface area contributed by atoms with Gasteiger partial charge in [0.2, 0.25) is 0 Å². The van der Waals surface area contributed by atoms with Gasteiger partial charge < -0.3 is 0 Å². The summed E-state index contributed by atoms with van der Waals surface area (Å²) in [5.74, 6) is 1.55. The predicted octanol–water partition coefficient (Wildman–Crippen LogP) is 12.2. The van der Waals surface area contributed by atoms with Gasteiger partial charge in [-0.2, -0.15) is 0 Å². The van der Waals surface area contributed by atoms with E-state index in [0.29, 0.717) is 23.8 Å². The first-order valence-electron chi connectivity index (χ1n) is 22.8. The van der Waals surface area contributed by atoms with Crippen LogP contribution in [0.4, 0.5) is 0 Å². The van der Waals surface area contributed by atoms with Crippen molar-refractivity contribution in [2.75, 3.05) is 6.54 Å². The third-order valence-electron chi connectivity index (χ3n) is 12.4. The van der Waals surface area contributed by atoms with Gasteiger partial charge in [-0.15, -0.1) is 0 Å². The molecule has 1 fully saturated rings. The monoisotopic (exact) mass is 906 g/mol. The molecule has 0 N–H and O–H groups in total. The van der Waals surface area contributed by atoms with E-state index in [0.717, 1.165) is 13.0 Å². The second kappa shape index (κ2) is 22.1. The summed E-state index contributed by atoms with van der Waals surface area (Å²) in [5, 5.41) is 11.3. The molecule has 0 bridgehead atoms. The van der Waals surface area contributed by atoms with Crippen molar-refractivity contribution in [1.82, 2.24) is 8.88 Å². The van der Waals surface area contributed by atoms with Crippen molar-refractivity contribution >= 4 is 74.7 Å². The maximum atomic E-state index is 3.12. The molecule has 0 heterocycles. The van der Waals surface area contributed by atoms with Crippen LogP contribution in [-0.2, 0) is 0 Å². The van der Waals surface area contributed by atoms with Gasteiger partial charge in [0.1, 0.15) is 0 Å². The average Bonchev–Trinajstić information content (AvgIpc) is 3.36. The van der Waals surface area contributed by atoms with Crippen LogP contribution >= 0.6 is 32.3 Å². The van der Waals surface area contributed by atoms with E-state index >= 15 is 0 Å². The minimum absolute atomic E-state index is 0.345. The molecule has 320 valence electrons. The lowest BCUT2D eigenvalue weighted by molar-refractivity contribution is 0.145. The first-order valence-corrected chi connectivity index (χ1v) is 28.0. The standard InChI is InChI=1S/C58H58N2P4/c1-47(2)57-44-43-48(46-59(61(49-27-11-3-12-28-49)50-29-13-4-14-30-50)62(51-31-15-5-16-32-51)52-33-17-6-18-34-52)45-58(57)60(63(53-35-19-7-20-36-53)54-37-21-8-22-38-54)64(55-39-23-9-24-40-55)56-41-25-10-26-42-56/h3-42,47-48,57-58H,43-46H2,1-2H3. The van der Waals surface area contributed by atoms with E-state index in [9.17, 15) is 0 Å². The molecule has 1 aliphatic rings. The van der Waals surface area contributed by atoms with Gasteiger partial charge in [0.05, 0.1) is 0 Å². The lowest BCUT2D eigenvalue weighted by Gasteiger charge is -2.51. The molecule has 8 aromatic rings. The summed E-state index contributed by atoms with van der Waals surface area (Å²) in [7, 11) is -3.64. The first kappa shape index (κ1) is 44.6. The highest BCUT2D eigenvalue weighted by Crippen LogP contribution is 2.61. The highest BCUT2D eigenvalue weighted by molar-refractivity contribution is 7.85. The Balaban J connectivity index is 1.23. The molecule has 0 radical (unpaired) electrons. The molecule has 8 aromatic carbocycles. The molecule has 1 saturated carbocycles. The molecule has 2 nitrogen and oxygen atoms in total. The van der Waals surface area contributed by atoms with Crippen molar-refractivity contribution in [1.29, 1.82) is 0 Å². The van der Waals surface area contributed by atoms with Crippen molar-refractivity contribution in [2.24, 2.45) is 17.8 Å². The van der Waals surface area contributed by atoms with Crippen LogP contribution in [0, 0.1) is 17.8 Å². The Morgan fingerprint density at radius 1 is 0.359 bits per heavy atom. The van der Waals surface area contributed by atoms with Crippen molar-refractivity contribution < 1.29 is 0 Å². The lowest BCUT2D eigenvalue weighted by Crippen LogP contribution is -2.48. The summed E-state index contributed by atoms with van der Waals surface area (Å²) in [4.78, 5) is 0. The van der Waals surface area contributed by atoms with Crippen molar-refractivity contribution in [2.45, 2.75) is 39.2 Å². The van der Waals surface area contributed by atoms with Crippen LogP contribution in [0.15, 0.2) is 243 Å². The van der Waals surface area contributed by atoms with Crippen LogP contribution in [0.5, 0.6) is 0 Å². The van der Waals surface area contributed by atoms with Crippen LogP contribution in [0.1, 0.15) is 33.1 Å². The summed E-state index contributed by atoms with van der Waals surface area (Å²) in [6.07, 6.45) is 3.56. The van der Waals surface area contributed by atoms with Gasteiger partial charge in [-0.1, -0.05) is 257 Å². The normalized spacial score (nSPS) is 16.7. The van der Waals surface area contributed by atoms with Crippen LogP contribution in [0.2, 0.25) is 0 Å². The van der Waals surface area contributed by atoms with Gasteiger partial charge in [-0.05, 0) is 79.5 Å². The smallest absolute Gasteiger partial charge is 0.0325 e. The van der Waals surface area contributed by atoms with Crippen molar-refractivity contribution in [3.05, 3.63) is 243 Å². The van der Waals surface area contributed by atoms with Gasteiger partial charge in [-0.25, -0.2) is 8.88 Å². The first-order chi connectivity index (χ1) is 31.6. The third kappa shape index (κ3) is 10.4. The number of rotatable bonds is 16. The van der Waals surface area contributed by atoms with E-state index in [1.807, 2.05) is 0 Å². The fourth-order valence-corrected chi connectivity index (χ4v) is 22.2. The maximum absolute atomic E-state index is 3.12. The van der Waals surface area contributed by atoms with E-state index in [-0.39, 0.29) is 0 Å². The fraction of sp³-hybridized carbons (Fsp3) is 0.172. The van der Waals surface area contributed by atoms with Gasteiger partial charge >= 0.3 is 0 Å². The SMILES string of the molecule is CC(C)C1CCC(CN(P(c2ccccc2)c2ccccc2)P(c2ccccc2)c2ccccc2)CC1N(P(c1ccccc1)c1ccccc1)P(c1ccccc1)c1ccccc1. The molecule has 0 aromatic heterocycles. The zero-order valence-electron chi connectivity index (χ0n) is 36.9. The molecule has 0 amide bonds. The van der Waals surface area contributed by atoms with Crippen molar-refractivity contribution in [3.63, 3.8) is 0 Å². The zero-order valence-corrected chi connectivity index (χ0v) is 40.5.